The normalized spacial score (nSPS) is 10.2. The Balaban J connectivity index is 2.29. The van der Waals surface area contributed by atoms with E-state index >= 15 is 0 Å². The lowest BCUT2D eigenvalue weighted by atomic mass is 10.2. The number of amides is 1. The first-order chi connectivity index (χ1) is 9.59. The number of carboxylic acid groups (broad SMARTS) is 1. The molecule has 0 radical (unpaired) electrons. The van der Waals surface area contributed by atoms with E-state index < -0.39 is 5.97 Å². The van der Waals surface area contributed by atoms with Crippen molar-refractivity contribution in [2.75, 3.05) is 11.4 Å². The Morgan fingerprint density at radius 1 is 1.25 bits per heavy atom. The number of anilines is 1. The van der Waals surface area contributed by atoms with Crippen molar-refractivity contribution in [3.8, 4) is 0 Å². The van der Waals surface area contributed by atoms with Crippen molar-refractivity contribution in [1.82, 2.24) is 9.78 Å². The SMILES string of the molecule is Cn1nccc1C(=O)N(CCC(=O)O)c1ccccc1. The van der Waals surface area contributed by atoms with E-state index in [1.54, 1.807) is 37.4 Å². The van der Waals surface area contributed by atoms with Gasteiger partial charge in [0, 0.05) is 25.5 Å². The lowest BCUT2D eigenvalue weighted by Gasteiger charge is -2.22. The van der Waals surface area contributed by atoms with Crippen LogP contribution in [0.4, 0.5) is 5.69 Å². The molecule has 0 atom stereocenters. The van der Waals surface area contributed by atoms with Gasteiger partial charge in [0.2, 0.25) is 0 Å². The zero-order valence-corrected chi connectivity index (χ0v) is 11.1. The average molecular weight is 273 g/mol. The zero-order chi connectivity index (χ0) is 14.5. The number of para-hydroxylation sites is 1. The molecule has 0 saturated heterocycles. The summed E-state index contributed by atoms with van der Waals surface area (Å²) in [5.74, 6) is -1.21. The maximum atomic E-state index is 12.5. The highest BCUT2D eigenvalue weighted by molar-refractivity contribution is 6.05. The number of nitrogens with zero attached hydrogens (tertiary/aromatic N) is 3. The van der Waals surface area contributed by atoms with Gasteiger partial charge in [-0.3, -0.25) is 14.3 Å². The number of carboxylic acids is 1. The van der Waals surface area contributed by atoms with Gasteiger partial charge in [-0.2, -0.15) is 5.10 Å². The molecule has 104 valence electrons. The zero-order valence-electron chi connectivity index (χ0n) is 11.1. The Labute approximate surface area is 116 Å². The molecule has 0 aliphatic rings. The molecule has 20 heavy (non-hydrogen) atoms. The van der Waals surface area contributed by atoms with Crippen molar-refractivity contribution in [2.24, 2.45) is 7.05 Å². The fourth-order valence-corrected chi connectivity index (χ4v) is 1.89. The molecule has 0 spiro atoms. The minimum atomic E-state index is -0.941. The standard InChI is InChI=1S/C14H15N3O3/c1-16-12(7-9-15-16)14(20)17(10-8-13(18)19)11-5-3-2-4-6-11/h2-7,9H,8,10H2,1H3,(H,18,19). The molecule has 1 N–H and O–H groups in total. The molecular formula is C14H15N3O3. The summed E-state index contributed by atoms with van der Waals surface area (Å²) in [5, 5.41) is 12.8. The molecule has 0 fully saturated rings. The van der Waals surface area contributed by atoms with Gasteiger partial charge < -0.3 is 10.0 Å². The van der Waals surface area contributed by atoms with E-state index in [0.717, 1.165) is 0 Å². The fourth-order valence-electron chi connectivity index (χ4n) is 1.89. The third kappa shape index (κ3) is 3.03. The fraction of sp³-hybridized carbons (Fsp3) is 0.214. The van der Waals surface area contributed by atoms with E-state index in [1.165, 1.54) is 15.8 Å². The second-order valence-corrected chi connectivity index (χ2v) is 4.28. The monoisotopic (exact) mass is 273 g/mol. The van der Waals surface area contributed by atoms with E-state index in [4.69, 9.17) is 5.11 Å². The van der Waals surface area contributed by atoms with Gasteiger partial charge in [-0.1, -0.05) is 18.2 Å². The lowest BCUT2D eigenvalue weighted by molar-refractivity contribution is -0.136. The number of carbonyl (C=O) groups excluding carboxylic acids is 1. The molecule has 6 nitrogen and oxygen atoms in total. The van der Waals surface area contributed by atoms with Gasteiger partial charge in [-0.15, -0.1) is 0 Å². The van der Waals surface area contributed by atoms with Gasteiger partial charge in [-0.25, -0.2) is 0 Å². The van der Waals surface area contributed by atoms with Gasteiger partial charge in [0.05, 0.1) is 6.42 Å². The largest absolute Gasteiger partial charge is 0.481 e. The summed E-state index contributed by atoms with van der Waals surface area (Å²) < 4.78 is 1.47. The maximum Gasteiger partial charge on any atom is 0.305 e. The molecule has 0 unspecified atom stereocenters. The number of carbonyl (C=O) groups is 2. The van der Waals surface area contributed by atoms with Crippen LogP contribution in [0, 0.1) is 0 Å². The molecule has 0 aliphatic carbocycles. The summed E-state index contributed by atoms with van der Waals surface area (Å²) >= 11 is 0. The molecule has 0 bridgehead atoms. The number of hydrogen-bond donors (Lipinski definition) is 1. The molecular weight excluding hydrogens is 258 g/mol. The number of aliphatic carboxylic acids is 1. The van der Waals surface area contributed by atoms with Crippen LogP contribution in [0.1, 0.15) is 16.9 Å². The third-order valence-electron chi connectivity index (χ3n) is 2.90. The number of aryl methyl sites for hydroxylation is 1. The molecule has 0 saturated carbocycles. The topological polar surface area (TPSA) is 75.4 Å². The van der Waals surface area contributed by atoms with E-state index in [0.29, 0.717) is 11.4 Å². The van der Waals surface area contributed by atoms with Crippen LogP contribution in [0.25, 0.3) is 0 Å². The molecule has 2 rings (SSSR count). The van der Waals surface area contributed by atoms with Crippen LogP contribution in [-0.4, -0.2) is 33.3 Å². The molecule has 6 heteroatoms. The molecule has 0 aliphatic heterocycles. The molecule has 1 aromatic carbocycles. The minimum absolute atomic E-state index is 0.113. The van der Waals surface area contributed by atoms with Gasteiger partial charge in [0.15, 0.2) is 0 Å². The van der Waals surface area contributed by atoms with Crippen LogP contribution in [0.2, 0.25) is 0 Å². The quantitative estimate of drug-likeness (QED) is 0.896. The molecule has 1 heterocycles. The van der Waals surface area contributed by atoms with Crippen molar-refractivity contribution in [2.45, 2.75) is 6.42 Å². The van der Waals surface area contributed by atoms with Crippen LogP contribution in [-0.2, 0) is 11.8 Å². The first-order valence-electron chi connectivity index (χ1n) is 6.16. The summed E-state index contributed by atoms with van der Waals surface area (Å²) in [5.41, 5.74) is 1.08. The predicted octanol–water partition coefficient (Wildman–Crippen LogP) is 1.54. The summed E-state index contributed by atoms with van der Waals surface area (Å²) in [6.45, 7) is 0.114. The summed E-state index contributed by atoms with van der Waals surface area (Å²) in [6.07, 6.45) is 1.42. The Bertz CT molecular complexity index is 607. The molecule has 2 aromatic rings. The Hall–Kier alpha value is -2.63. The number of aromatic nitrogens is 2. The predicted molar refractivity (Wildman–Crippen MR) is 73.6 cm³/mol. The maximum absolute atomic E-state index is 12.5. The average Bonchev–Trinajstić information content (AvgIpc) is 2.86. The summed E-state index contributed by atoms with van der Waals surface area (Å²) in [7, 11) is 1.67. The van der Waals surface area contributed by atoms with Crippen molar-refractivity contribution in [3.63, 3.8) is 0 Å². The van der Waals surface area contributed by atoms with E-state index in [1.807, 2.05) is 6.07 Å². The first-order valence-corrected chi connectivity index (χ1v) is 6.16. The first kappa shape index (κ1) is 13.8. The highest BCUT2D eigenvalue weighted by atomic mass is 16.4. The Kier molecular flexibility index (Phi) is 4.14. The Morgan fingerprint density at radius 3 is 2.50 bits per heavy atom. The highest BCUT2D eigenvalue weighted by Crippen LogP contribution is 2.17. The Morgan fingerprint density at radius 2 is 1.95 bits per heavy atom. The van der Waals surface area contributed by atoms with Crippen molar-refractivity contribution in [3.05, 3.63) is 48.3 Å². The van der Waals surface area contributed by atoms with Gasteiger partial charge in [-0.05, 0) is 18.2 Å². The second kappa shape index (κ2) is 6.01. The smallest absolute Gasteiger partial charge is 0.305 e. The summed E-state index contributed by atoms with van der Waals surface area (Å²) in [6, 6.07) is 10.6. The van der Waals surface area contributed by atoms with Gasteiger partial charge in [0.1, 0.15) is 5.69 Å². The minimum Gasteiger partial charge on any atom is -0.481 e. The van der Waals surface area contributed by atoms with Crippen LogP contribution >= 0.6 is 0 Å². The van der Waals surface area contributed by atoms with Crippen molar-refractivity contribution < 1.29 is 14.7 Å². The third-order valence-corrected chi connectivity index (χ3v) is 2.90. The number of hydrogen-bond acceptors (Lipinski definition) is 3. The second-order valence-electron chi connectivity index (χ2n) is 4.28. The lowest BCUT2D eigenvalue weighted by Crippen LogP contribution is -2.34. The highest BCUT2D eigenvalue weighted by Gasteiger charge is 2.20. The van der Waals surface area contributed by atoms with E-state index in [9.17, 15) is 9.59 Å². The van der Waals surface area contributed by atoms with Crippen LogP contribution in [0.15, 0.2) is 42.6 Å². The van der Waals surface area contributed by atoms with Gasteiger partial charge in [0.25, 0.3) is 5.91 Å². The van der Waals surface area contributed by atoms with Crippen LogP contribution < -0.4 is 4.90 Å². The summed E-state index contributed by atoms with van der Waals surface area (Å²) in [4.78, 5) is 24.7. The van der Waals surface area contributed by atoms with Crippen molar-refractivity contribution >= 4 is 17.6 Å². The number of benzene rings is 1. The van der Waals surface area contributed by atoms with E-state index in [2.05, 4.69) is 5.10 Å². The van der Waals surface area contributed by atoms with Crippen LogP contribution in [0.5, 0.6) is 0 Å². The van der Waals surface area contributed by atoms with Gasteiger partial charge >= 0.3 is 5.97 Å². The van der Waals surface area contributed by atoms with E-state index in [-0.39, 0.29) is 18.9 Å². The number of rotatable bonds is 5. The molecule has 1 amide bonds. The molecule has 1 aromatic heterocycles. The van der Waals surface area contributed by atoms with Crippen LogP contribution in [0.3, 0.4) is 0 Å². The van der Waals surface area contributed by atoms with Crippen molar-refractivity contribution in [1.29, 1.82) is 0 Å².